The Balaban J connectivity index is 1.69. The Morgan fingerprint density at radius 1 is 1.46 bits per heavy atom. The average Bonchev–Trinajstić information content (AvgIpc) is 3.17. The van der Waals surface area contributed by atoms with Crippen molar-refractivity contribution in [3.63, 3.8) is 0 Å². The smallest absolute Gasteiger partial charge is 0.257 e. The fourth-order valence-corrected chi connectivity index (χ4v) is 3.19. The SMILES string of the molecule is Cc1ccc(NC(=O)c2c[nH]c3c2-c2nccn2[C@H](C)C3)cc1F. The second-order valence-corrected chi connectivity index (χ2v) is 6.19. The van der Waals surface area contributed by atoms with Crippen LogP contribution in [0.1, 0.15) is 34.6 Å². The van der Waals surface area contributed by atoms with Gasteiger partial charge in [0.05, 0.1) is 11.1 Å². The molecule has 5 nitrogen and oxygen atoms in total. The largest absolute Gasteiger partial charge is 0.364 e. The van der Waals surface area contributed by atoms with Crippen molar-refractivity contribution in [2.75, 3.05) is 5.32 Å². The van der Waals surface area contributed by atoms with Crippen LogP contribution in [0.2, 0.25) is 0 Å². The van der Waals surface area contributed by atoms with E-state index in [0.717, 1.165) is 23.5 Å². The minimum atomic E-state index is -0.340. The van der Waals surface area contributed by atoms with Gasteiger partial charge in [-0.2, -0.15) is 0 Å². The van der Waals surface area contributed by atoms with Crippen LogP contribution < -0.4 is 5.32 Å². The Kier molecular flexibility index (Phi) is 3.26. The Morgan fingerprint density at radius 3 is 3.08 bits per heavy atom. The molecule has 0 bridgehead atoms. The number of rotatable bonds is 2. The van der Waals surface area contributed by atoms with Crippen LogP contribution in [-0.4, -0.2) is 20.4 Å². The lowest BCUT2D eigenvalue weighted by Crippen LogP contribution is -2.18. The van der Waals surface area contributed by atoms with Gasteiger partial charge in [-0.25, -0.2) is 9.37 Å². The van der Waals surface area contributed by atoms with E-state index < -0.39 is 0 Å². The summed E-state index contributed by atoms with van der Waals surface area (Å²) >= 11 is 0. The lowest BCUT2D eigenvalue weighted by atomic mass is 10.0. The fourth-order valence-electron chi connectivity index (χ4n) is 3.19. The molecule has 0 saturated carbocycles. The van der Waals surface area contributed by atoms with Crippen LogP contribution in [0.25, 0.3) is 11.4 Å². The minimum Gasteiger partial charge on any atom is -0.364 e. The van der Waals surface area contributed by atoms with E-state index in [1.807, 2.05) is 6.20 Å². The lowest BCUT2D eigenvalue weighted by molar-refractivity contribution is 0.102. The topological polar surface area (TPSA) is 62.7 Å². The Morgan fingerprint density at radius 2 is 2.29 bits per heavy atom. The van der Waals surface area contributed by atoms with Crippen LogP contribution in [-0.2, 0) is 6.42 Å². The van der Waals surface area contributed by atoms with Gasteiger partial charge >= 0.3 is 0 Å². The molecule has 0 saturated heterocycles. The molecule has 0 aliphatic carbocycles. The number of carbonyl (C=O) groups is 1. The molecule has 1 aromatic carbocycles. The quantitative estimate of drug-likeness (QED) is 0.755. The summed E-state index contributed by atoms with van der Waals surface area (Å²) in [5.74, 6) is 0.165. The number of nitrogens with zero attached hydrogens (tertiary/aromatic N) is 2. The summed E-state index contributed by atoms with van der Waals surface area (Å²) < 4.78 is 15.7. The van der Waals surface area contributed by atoms with Gasteiger partial charge in [0.25, 0.3) is 5.91 Å². The van der Waals surface area contributed by atoms with Gasteiger partial charge in [-0.05, 0) is 31.5 Å². The zero-order valence-corrected chi connectivity index (χ0v) is 13.4. The number of benzene rings is 1. The molecule has 0 radical (unpaired) electrons. The van der Waals surface area contributed by atoms with Crippen molar-refractivity contribution < 1.29 is 9.18 Å². The standard InChI is InChI=1S/C18H17FN4O/c1-10-3-4-12(8-14(10)19)22-18(24)13-9-21-15-7-11(2)23-6-5-20-17(23)16(13)15/h3-6,8-9,11,21H,7H2,1-2H3,(H,22,24)/t11-/m1/s1. The molecule has 1 aliphatic heterocycles. The lowest BCUT2D eigenvalue weighted by Gasteiger charge is -2.22. The first-order chi connectivity index (χ1) is 11.5. The number of amides is 1. The molecule has 4 rings (SSSR count). The maximum absolute atomic E-state index is 13.7. The average molecular weight is 324 g/mol. The fraction of sp³-hybridized carbons (Fsp3) is 0.222. The van der Waals surface area contributed by atoms with Crippen molar-refractivity contribution in [2.45, 2.75) is 26.3 Å². The first-order valence-corrected chi connectivity index (χ1v) is 7.85. The number of H-pyrrole nitrogens is 1. The third kappa shape index (κ3) is 2.22. The zero-order valence-electron chi connectivity index (χ0n) is 13.4. The van der Waals surface area contributed by atoms with Crippen molar-refractivity contribution in [1.82, 2.24) is 14.5 Å². The zero-order chi connectivity index (χ0) is 16.8. The highest BCUT2D eigenvalue weighted by Crippen LogP contribution is 2.35. The molecule has 1 atom stereocenters. The molecule has 0 unspecified atom stereocenters. The number of hydrogen-bond donors (Lipinski definition) is 2. The summed E-state index contributed by atoms with van der Waals surface area (Å²) in [6, 6.07) is 4.95. The normalized spacial score (nSPS) is 15.7. The van der Waals surface area contributed by atoms with E-state index in [1.54, 1.807) is 31.5 Å². The number of fused-ring (bicyclic) bond motifs is 3. The third-order valence-corrected chi connectivity index (χ3v) is 4.50. The molecule has 2 aromatic heterocycles. The maximum Gasteiger partial charge on any atom is 0.257 e. The molecule has 1 aliphatic rings. The Hall–Kier alpha value is -2.89. The number of aromatic amines is 1. The minimum absolute atomic E-state index is 0.278. The molecule has 3 heterocycles. The number of aromatic nitrogens is 3. The van der Waals surface area contributed by atoms with Crippen molar-refractivity contribution in [2.24, 2.45) is 0 Å². The molecule has 0 spiro atoms. The predicted molar refractivity (Wildman–Crippen MR) is 89.5 cm³/mol. The highest BCUT2D eigenvalue weighted by molar-refractivity contribution is 6.08. The van der Waals surface area contributed by atoms with E-state index in [9.17, 15) is 9.18 Å². The molecule has 3 aromatic rings. The van der Waals surface area contributed by atoms with Gasteiger partial charge in [0.2, 0.25) is 0 Å². The molecule has 0 fully saturated rings. The summed E-state index contributed by atoms with van der Waals surface area (Å²) in [4.78, 5) is 20.3. The number of halogens is 1. The number of nitrogens with one attached hydrogen (secondary N) is 2. The molecule has 1 amide bonds. The molecular formula is C18H17FN4O. The van der Waals surface area contributed by atoms with E-state index in [2.05, 4.69) is 26.8 Å². The Labute approximate surface area is 138 Å². The predicted octanol–water partition coefficient (Wildman–Crippen LogP) is 3.70. The first kappa shape index (κ1) is 14.7. The van der Waals surface area contributed by atoms with Gasteiger partial charge in [-0.1, -0.05) is 6.07 Å². The van der Waals surface area contributed by atoms with Gasteiger partial charge in [0.15, 0.2) is 0 Å². The van der Waals surface area contributed by atoms with Crippen molar-refractivity contribution >= 4 is 11.6 Å². The van der Waals surface area contributed by atoms with E-state index in [-0.39, 0.29) is 17.8 Å². The van der Waals surface area contributed by atoms with Gasteiger partial charge in [0, 0.05) is 42.4 Å². The number of aryl methyl sites for hydroxylation is 1. The van der Waals surface area contributed by atoms with E-state index in [0.29, 0.717) is 16.8 Å². The molecule has 6 heteroatoms. The van der Waals surface area contributed by atoms with Crippen molar-refractivity contribution in [3.8, 4) is 11.4 Å². The van der Waals surface area contributed by atoms with Crippen LogP contribution >= 0.6 is 0 Å². The Bertz CT molecular complexity index is 940. The first-order valence-electron chi connectivity index (χ1n) is 7.85. The third-order valence-electron chi connectivity index (χ3n) is 4.50. The number of hydrogen-bond acceptors (Lipinski definition) is 2. The summed E-state index contributed by atoms with van der Waals surface area (Å²) in [5.41, 5.74) is 3.32. The van der Waals surface area contributed by atoms with E-state index in [4.69, 9.17) is 0 Å². The van der Waals surface area contributed by atoms with Crippen LogP contribution in [0.15, 0.2) is 36.8 Å². The summed E-state index contributed by atoms with van der Waals surface area (Å²) in [6.45, 7) is 3.80. The van der Waals surface area contributed by atoms with Crippen molar-refractivity contribution in [3.05, 3.63) is 59.4 Å². The van der Waals surface area contributed by atoms with Crippen LogP contribution in [0.4, 0.5) is 10.1 Å². The summed E-state index contributed by atoms with van der Waals surface area (Å²) in [6.07, 6.45) is 6.17. The van der Waals surface area contributed by atoms with Crippen molar-refractivity contribution in [1.29, 1.82) is 0 Å². The number of anilines is 1. The van der Waals surface area contributed by atoms with Crippen LogP contribution in [0.3, 0.4) is 0 Å². The second-order valence-electron chi connectivity index (χ2n) is 6.19. The number of carbonyl (C=O) groups excluding carboxylic acids is 1. The highest BCUT2D eigenvalue weighted by atomic mass is 19.1. The monoisotopic (exact) mass is 324 g/mol. The van der Waals surface area contributed by atoms with Gasteiger partial charge in [-0.3, -0.25) is 4.79 Å². The summed E-state index contributed by atoms with van der Waals surface area (Å²) in [7, 11) is 0. The number of imidazole rings is 1. The van der Waals surface area contributed by atoms with Gasteiger partial charge in [0.1, 0.15) is 11.6 Å². The van der Waals surface area contributed by atoms with Crippen LogP contribution in [0.5, 0.6) is 0 Å². The van der Waals surface area contributed by atoms with Crippen LogP contribution in [0, 0.1) is 12.7 Å². The highest BCUT2D eigenvalue weighted by Gasteiger charge is 2.28. The second kappa shape index (κ2) is 5.33. The van der Waals surface area contributed by atoms with E-state index >= 15 is 0 Å². The molecular weight excluding hydrogens is 307 g/mol. The van der Waals surface area contributed by atoms with Gasteiger partial charge < -0.3 is 14.9 Å². The molecule has 24 heavy (non-hydrogen) atoms. The summed E-state index contributed by atoms with van der Waals surface area (Å²) in [5, 5.41) is 2.76. The molecule has 122 valence electrons. The van der Waals surface area contributed by atoms with Gasteiger partial charge in [-0.15, -0.1) is 0 Å². The van der Waals surface area contributed by atoms with E-state index in [1.165, 1.54) is 6.07 Å². The maximum atomic E-state index is 13.7. The molecule has 2 N–H and O–H groups in total.